The van der Waals surface area contributed by atoms with Crippen molar-refractivity contribution in [1.82, 2.24) is 15.3 Å². The van der Waals surface area contributed by atoms with E-state index in [1.807, 2.05) is 18.2 Å². The van der Waals surface area contributed by atoms with Crippen molar-refractivity contribution < 1.29 is 9.47 Å². The van der Waals surface area contributed by atoms with Gasteiger partial charge in [0.15, 0.2) is 0 Å². The molecule has 0 atom stereocenters. The molecular formula is C15H17N3O3. The highest BCUT2D eigenvalue weighted by atomic mass is 16.5. The highest BCUT2D eigenvalue weighted by molar-refractivity contribution is 5.32. The molecule has 0 radical (unpaired) electrons. The zero-order chi connectivity index (χ0) is 14.7. The lowest BCUT2D eigenvalue weighted by Crippen LogP contribution is -2.32. The van der Waals surface area contributed by atoms with Gasteiger partial charge in [0, 0.05) is 25.6 Å². The van der Waals surface area contributed by atoms with Crippen molar-refractivity contribution >= 4 is 0 Å². The first-order valence-electron chi connectivity index (χ1n) is 6.85. The monoisotopic (exact) mass is 287 g/mol. The average Bonchev–Trinajstić information content (AvgIpc) is 2.53. The molecule has 6 nitrogen and oxygen atoms in total. The van der Waals surface area contributed by atoms with Gasteiger partial charge in [-0.15, -0.1) is 0 Å². The minimum Gasteiger partial charge on any atom is -0.497 e. The Labute approximate surface area is 122 Å². The zero-order valence-corrected chi connectivity index (χ0v) is 11.8. The molecule has 0 fully saturated rings. The Morgan fingerprint density at radius 2 is 2.19 bits per heavy atom. The summed E-state index contributed by atoms with van der Waals surface area (Å²) in [6.07, 6.45) is 0.769. The first kappa shape index (κ1) is 13.6. The zero-order valence-electron chi connectivity index (χ0n) is 11.8. The third kappa shape index (κ3) is 3.05. The van der Waals surface area contributed by atoms with Crippen LogP contribution in [0.15, 0.2) is 29.1 Å². The van der Waals surface area contributed by atoms with Gasteiger partial charge in [0.25, 0.3) is 5.56 Å². The van der Waals surface area contributed by atoms with Crippen LogP contribution in [0.25, 0.3) is 0 Å². The first-order valence-corrected chi connectivity index (χ1v) is 6.85. The van der Waals surface area contributed by atoms with Gasteiger partial charge in [0.1, 0.15) is 23.9 Å². The molecule has 21 heavy (non-hydrogen) atoms. The summed E-state index contributed by atoms with van der Waals surface area (Å²) in [5.74, 6) is 1.95. The van der Waals surface area contributed by atoms with Gasteiger partial charge in [-0.2, -0.15) is 0 Å². The molecule has 1 aliphatic rings. The Hall–Kier alpha value is -2.34. The lowest BCUT2D eigenvalue weighted by Gasteiger charge is -2.16. The van der Waals surface area contributed by atoms with Gasteiger partial charge < -0.3 is 19.8 Å². The maximum atomic E-state index is 12.0. The number of fused-ring (bicyclic) bond motifs is 1. The number of hydrogen-bond donors (Lipinski definition) is 2. The third-order valence-electron chi connectivity index (χ3n) is 3.41. The molecule has 0 spiro atoms. The van der Waals surface area contributed by atoms with Crippen LogP contribution in [0.1, 0.15) is 17.1 Å². The fourth-order valence-corrected chi connectivity index (χ4v) is 2.32. The normalized spacial score (nSPS) is 13.6. The molecule has 0 amide bonds. The standard InChI is InChI=1S/C15H17N3O3/c1-20-10-3-2-4-11(7-10)21-9-14-17-13-5-6-16-8-12(13)15(19)18-14/h2-4,7,16H,5-6,8-9H2,1H3,(H,17,18,19). The number of aromatic nitrogens is 2. The fraction of sp³-hybridized carbons (Fsp3) is 0.333. The van der Waals surface area contributed by atoms with E-state index in [1.54, 1.807) is 13.2 Å². The fourth-order valence-electron chi connectivity index (χ4n) is 2.32. The molecule has 1 aromatic heterocycles. The van der Waals surface area contributed by atoms with Gasteiger partial charge in [-0.1, -0.05) is 6.07 Å². The van der Waals surface area contributed by atoms with Crippen LogP contribution in [-0.2, 0) is 19.6 Å². The number of methoxy groups -OCH3 is 1. The summed E-state index contributed by atoms with van der Waals surface area (Å²) in [5.41, 5.74) is 1.50. The number of nitrogens with one attached hydrogen (secondary N) is 2. The lowest BCUT2D eigenvalue weighted by molar-refractivity contribution is 0.292. The molecule has 1 aliphatic heterocycles. The maximum absolute atomic E-state index is 12.0. The molecule has 0 saturated heterocycles. The van der Waals surface area contributed by atoms with Crippen LogP contribution in [0, 0.1) is 0 Å². The number of rotatable bonds is 4. The number of hydrogen-bond acceptors (Lipinski definition) is 5. The Balaban J connectivity index is 1.76. The molecule has 2 heterocycles. The second kappa shape index (κ2) is 5.97. The molecule has 2 aromatic rings. The highest BCUT2D eigenvalue weighted by Crippen LogP contribution is 2.19. The molecule has 6 heteroatoms. The van der Waals surface area contributed by atoms with E-state index in [-0.39, 0.29) is 12.2 Å². The van der Waals surface area contributed by atoms with E-state index >= 15 is 0 Å². The van der Waals surface area contributed by atoms with Gasteiger partial charge in [0.05, 0.1) is 18.4 Å². The second-order valence-electron chi connectivity index (χ2n) is 4.83. The molecule has 0 saturated carbocycles. The highest BCUT2D eigenvalue weighted by Gasteiger charge is 2.15. The van der Waals surface area contributed by atoms with Crippen LogP contribution in [0.5, 0.6) is 11.5 Å². The number of benzene rings is 1. The average molecular weight is 287 g/mol. The van der Waals surface area contributed by atoms with Gasteiger partial charge in [-0.3, -0.25) is 4.79 Å². The topological polar surface area (TPSA) is 76.2 Å². The Morgan fingerprint density at radius 3 is 3.05 bits per heavy atom. The minimum absolute atomic E-state index is 0.0866. The summed E-state index contributed by atoms with van der Waals surface area (Å²) in [6, 6.07) is 7.32. The van der Waals surface area contributed by atoms with E-state index in [1.165, 1.54) is 0 Å². The van der Waals surface area contributed by atoms with E-state index in [4.69, 9.17) is 9.47 Å². The van der Waals surface area contributed by atoms with Crippen LogP contribution in [-0.4, -0.2) is 23.6 Å². The lowest BCUT2D eigenvalue weighted by atomic mass is 10.1. The van der Waals surface area contributed by atoms with Crippen molar-refractivity contribution in [2.45, 2.75) is 19.6 Å². The molecule has 2 N–H and O–H groups in total. The van der Waals surface area contributed by atoms with Crippen molar-refractivity contribution in [3.05, 3.63) is 51.7 Å². The number of nitrogens with zero attached hydrogens (tertiary/aromatic N) is 1. The van der Waals surface area contributed by atoms with E-state index in [9.17, 15) is 4.79 Å². The van der Waals surface area contributed by atoms with Gasteiger partial charge in [0.2, 0.25) is 0 Å². The molecule has 110 valence electrons. The van der Waals surface area contributed by atoms with Gasteiger partial charge in [-0.25, -0.2) is 4.98 Å². The van der Waals surface area contributed by atoms with Crippen molar-refractivity contribution in [2.24, 2.45) is 0 Å². The Morgan fingerprint density at radius 1 is 1.33 bits per heavy atom. The van der Waals surface area contributed by atoms with E-state index in [0.717, 1.165) is 30.0 Å². The summed E-state index contributed by atoms with van der Waals surface area (Å²) in [7, 11) is 1.61. The predicted octanol–water partition coefficient (Wildman–Crippen LogP) is 1.00. The number of H-pyrrole nitrogens is 1. The number of aromatic amines is 1. The molecule has 1 aromatic carbocycles. The van der Waals surface area contributed by atoms with Crippen LogP contribution in [0.4, 0.5) is 0 Å². The van der Waals surface area contributed by atoms with E-state index in [2.05, 4.69) is 15.3 Å². The SMILES string of the molecule is COc1cccc(OCc2nc3c(c(=O)[nH]2)CNCC3)c1. The van der Waals surface area contributed by atoms with Crippen LogP contribution >= 0.6 is 0 Å². The van der Waals surface area contributed by atoms with Crippen molar-refractivity contribution in [2.75, 3.05) is 13.7 Å². The molecular weight excluding hydrogens is 270 g/mol. The molecule has 0 bridgehead atoms. The summed E-state index contributed by atoms with van der Waals surface area (Å²) in [5, 5.41) is 3.17. The first-order chi connectivity index (χ1) is 10.3. The number of ether oxygens (including phenoxy) is 2. The van der Waals surface area contributed by atoms with Crippen LogP contribution in [0.2, 0.25) is 0 Å². The predicted molar refractivity (Wildman–Crippen MR) is 77.6 cm³/mol. The Bertz CT molecular complexity index is 697. The summed E-state index contributed by atoms with van der Waals surface area (Å²) < 4.78 is 10.8. The third-order valence-corrected chi connectivity index (χ3v) is 3.41. The van der Waals surface area contributed by atoms with Crippen molar-refractivity contribution in [3.63, 3.8) is 0 Å². The van der Waals surface area contributed by atoms with E-state index in [0.29, 0.717) is 18.1 Å². The van der Waals surface area contributed by atoms with Gasteiger partial charge in [-0.05, 0) is 12.1 Å². The quantitative estimate of drug-likeness (QED) is 0.877. The Kier molecular flexibility index (Phi) is 3.87. The smallest absolute Gasteiger partial charge is 0.255 e. The van der Waals surface area contributed by atoms with Crippen molar-refractivity contribution in [3.8, 4) is 11.5 Å². The second-order valence-corrected chi connectivity index (χ2v) is 4.83. The minimum atomic E-state index is -0.0866. The molecule has 3 rings (SSSR count). The summed E-state index contributed by atoms with van der Waals surface area (Å²) in [4.78, 5) is 19.2. The van der Waals surface area contributed by atoms with Crippen LogP contribution in [0.3, 0.4) is 0 Å². The largest absolute Gasteiger partial charge is 0.497 e. The van der Waals surface area contributed by atoms with Crippen molar-refractivity contribution in [1.29, 1.82) is 0 Å². The summed E-state index contributed by atoms with van der Waals surface area (Å²) >= 11 is 0. The maximum Gasteiger partial charge on any atom is 0.255 e. The van der Waals surface area contributed by atoms with E-state index < -0.39 is 0 Å². The summed E-state index contributed by atoms with van der Waals surface area (Å²) in [6.45, 7) is 1.65. The molecule has 0 aliphatic carbocycles. The van der Waals surface area contributed by atoms with Gasteiger partial charge >= 0.3 is 0 Å². The molecule has 0 unspecified atom stereocenters. The van der Waals surface area contributed by atoms with Crippen LogP contribution < -0.4 is 20.3 Å².